The fraction of sp³-hybridized carbons (Fsp3) is 0.379. The lowest BCUT2D eigenvalue weighted by Gasteiger charge is -2.43. The van der Waals surface area contributed by atoms with Gasteiger partial charge in [-0.15, -0.1) is 11.8 Å². The molecule has 1 N–H and O–H groups in total. The van der Waals surface area contributed by atoms with Crippen LogP contribution in [0.5, 0.6) is 0 Å². The van der Waals surface area contributed by atoms with Gasteiger partial charge in [-0.25, -0.2) is 0 Å². The van der Waals surface area contributed by atoms with Crippen LogP contribution in [0.3, 0.4) is 0 Å². The number of fused-ring (bicyclic) bond motifs is 9. The number of benzene rings is 2. The van der Waals surface area contributed by atoms with Gasteiger partial charge in [0, 0.05) is 29.0 Å². The number of rotatable bonds is 6. The van der Waals surface area contributed by atoms with Crippen molar-refractivity contribution in [2.24, 2.45) is 29.6 Å². The number of aliphatic carboxylic acids is 1. The lowest BCUT2D eigenvalue weighted by atomic mass is 9.68. The number of carbonyl (C=O) groups is 3. The Balaban J connectivity index is 1.31. The molecule has 4 aliphatic rings. The molecule has 194 valence electrons. The van der Waals surface area contributed by atoms with Crippen LogP contribution < -0.4 is 4.87 Å². The van der Waals surface area contributed by atoms with Gasteiger partial charge in [0.05, 0.1) is 22.5 Å². The van der Waals surface area contributed by atoms with Gasteiger partial charge >= 0.3 is 10.8 Å². The number of para-hydroxylation sites is 1. The van der Waals surface area contributed by atoms with Crippen LogP contribution in [0.25, 0.3) is 5.69 Å². The monoisotopic (exact) mass is 546 g/mol. The standard InChI is InChI=1S/C29H26N2O5S2/c32-19(33)12-7-13-30-26(34)22-17-14-18(23(22)27(30)35)24-21(17)20(15-8-3-1-4-9-15)25-28(37-24)31(29(36)38-25)16-10-5-2-6-11-16/h1-6,8-11,17-18,20-24H,7,12-14H2,(H,32,33)/t17-,18+,20-,21+,22+,23+,24-/m0/s1. The molecular formula is C29H26N2O5S2. The van der Waals surface area contributed by atoms with Gasteiger partial charge in [-0.2, -0.15) is 0 Å². The molecule has 3 fully saturated rings. The fourth-order valence-electron chi connectivity index (χ4n) is 7.58. The van der Waals surface area contributed by atoms with Crippen molar-refractivity contribution in [3.8, 4) is 5.69 Å². The van der Waals surface area contributed by atoms with Crippen molar-refractivity contribution in [2.75, 3.05) is 6.54 Å². The molecule has 3 heterocycles. The zero-order valence-corrected chi connectivity index (χ0v) is 22.1. The third-order valence-electron chi connectivity index (χ3n) is 8.91. The minimum atomic E-state index is -0.923. The van der Waals surface area contributed by atoms with Crippen molar-refractivity contribution in [3.05, 3.63) is 80.8 Å². The molecule has 2 aliphatic carbocycles. The van der Waals surface area contributed by atoms with Crippen LogP contribution in [-0.4, -0.2) is 44.2 Å². The highest BCUT2D eigenvalue weighted by molar-refractivity contribution is 8.00. The third-order valence-corrected chi connectivity index (χ3v) is 11.6. The first-order chi connectivity index (χ1) is 18.5. The van der Waals surface area contributed by atoms with E-state index in [1.165, 1.54) is 16.2 Å². The van der Waals surface area contributed by atoms with Gasteiger partial charge in [-0.3, -0.25) is 28.6 Å². The molecule has 2 aliphatic heterocycles. The molecule has 9 heteroatoms. The van der Waals surface area contributed by atoms with Crippen LogP contribution in [0, 0.1) is 29.6 Å². The number of carboxylic acids is 1. The molecule has 0 spiro atoms. The predicted octanol–water partition coefficient (Wildman–Crippen LogP) is 4.24. The summed E-state index contributed by atoms with van der Waals surface area (Å²) < 4.78 is 1.82. The topological polar surface area (TPSA) is 96.7 Å². The van der Waals surface area contributed by atoms with Crippen LogP contribution in [0.15, 0.2) is 70.5 Å². The van der Waals surface area contributed by atoms with Gasteiger partial charge in [-0.1, -0.05) is 59.9 Å². The zero-order valence-electron chi connectivity index (χ0n) is 20.4. The number of imide groups is 1. The number of amides is 2. The number of hydrogen-bond acceptors (Lipinski definition) is 6. The second-order valence-electron chi connectivity index (χ2n) is 10.7. The van der Waals surface area contributed by atoms with E-state index in [0.717, 1.165) is 27.6 Å². The Kier molecular flexibility index (Phi) is 5.63. The molecule has 1 aromatic heterocycles. The first-order valence-corrected chi connectivity index (χ1v) is 14.7. The summed E-state index contributed by atoms with van der Waals surface area (Å²) in [5.74, 6) is -1.63. The van der Waals surface area contributed by atoms with E-state index in [0.29, 0.717) is 0 Å². The summed E-state index contributed by atoms with van der Waals surface area (Å²) in [6.45, 7) is 0.169. The van der Waals surface area contributed by atoms with Crippen molar-refractivity contribution < 1.29 is 19.5 Å². The van der Waals surface area contributed by atoms with Crippen LogP contribution in [0.2, 0.25) is 0 Å². The number of carboxylic acid groups (broad SMARTS) is 1. The maximum Gasteiger partial charge on any atom is 0.312 e. The molecule has 7 nitrogen and oxygen atoms in total. The SMILES string of the molecule is O=C(O)CCCN1C(=O)[C@@H]2[C@H]3C[C@@H]([C@@H]4Sc5c(sc(=O)n5-c5ccccc5)[C@@H](c5ccccc5)[C@@H]34)[C@H]2C1=O. The summed E-state index contributed by atoms with van der Waals surface area (Å²) in [6, 6.07) is 19.9. The smallest absolute Gasteiger partial charge is 0.312 e. The van der Waals surface area contributed by atoms with E-state index in [1.807, 2.05) is 53.1 Å². The molecule has 0 unspecified atom stereocenters. The summed E-state index contributed by atoms with van der Waals surface area (Å²) in [4.78, 5) is 53.9. The molecule has 7 rings (SSSR count). The lowest BCUT2D eigenvalue weighted by Crippen LogP contribution is -2.43. The molecule has 2 saturated carbocycles. The van der Waals surface area contributed by atoms with Crippen molar-refractivity contribution in [1.82, 2.24) is 9.47 Å². The number of hydrogen-bond donors (Lipinski definition) is 1. The molecular weight excluding hydrogens is 520 g/mol. The Morgan fingerprint density at radius 1 is 0.921 bits per heavy atom. The highest BCUT2D eigenvalue weighted by Crippen LogP contribution is 2.68. The van der Waals surface area contributed by atoms with Crippen LogP contribution in [0.4, 0.5) is 0 Å². The number of likely N-dealkylation sites (tertiary alicyclic amines) is 1. The Hall–Kier alpha value is -3.17. The maximum atomic E-state index is 13.6. The quantitative estimate of drug-likeness (QED) is 0.465. The molecule has 2 bridgehead atoms. The Morgan fingerprint density at radius 3 is 2.26 bits per heavy atom. The van der Waals surface area contributed by atoms with Crippen molar-refractivity contribution in [2.45, 2.75) is 35.5 Å². The molecule has 38 heavy (non-hydrogen) atoms. The fourth-order valence-corrected chi connectivity index (χ4v) is 10.7. The van der Waals surface area contributed by atoms with Gasteiger partial charge in [0.1, 0.15) is 0 Å². The summed E-state index contributed by atoms with van der Waals surface area (Å²) >= 11 is 3.02. The molecule has 0 radical (unpaired) electrons. The van der Waals surface area contributed by atoms with E-state index in [1.54, 1.807) is 11.8 Å². The van der Waals surface area contributed by atoms with Crippen LogP contribution in [-0.2, 0) is 14.4 Å². The van der Waals surface area contributed by atoms with E-state index >= 15 is 0 Å². The molecule has 3 aromatic rings. The van der Waals surface area contributed by atoms with Crippen molar-refractivity contribution >= 4 is 40.9 Å². The number of nitrogens with zero attached hydrogens (tertiary/aromatic N) is 2. The minimum Gasteiger partial charge on any atom is -0.481 e. The summed E-state index contributed by atoms with van der Waals surface area (Å²) in [5.41, 5.74) is 1.98. The lowest BCUT2D eigenvalue weighted by molar-refractivity contribution is -0.142. The highest BCUT2D eigenvalue weighted by Gasteiger charge is 2.69. The number of aromatic nitrogens is 1. The third kappa shape index (κ3) is 3.41. The molecule has 2 aromatic carbocycles. The summed E-state index contributed by atoms with van der Waals surface area (Å²) in [5, 5.41) is 10.1. The first kappa shape index (κ1) is 23.9. The first-order valence-electron chi connectivity index (χ1n) is 13.1. The van der Waals surface area contributed by atoms with E-state index in [4.69, 9.17) is 5.11 Å². The van der Waals surface area contributed by atoms with E-state index in [2.05, 4.69) is 12.1 Å². The zero-order chi connectivity index (χ0) is 26.1. The minimum absolute atomic E-state index is 0.0139. The van der Waals surface area contributed by atoms with Gasteiger partial charge < -0.3 is 5.11 Å². The van der Waals surface area contributed by atoms with Crippen LogP contribution in [0.1, 0.15) is 35.6 Å². The normalized spacial score (nSPS) is 30.8. The maximum absolute atomic E-state index is 13.6. The van der Waals surface area contributed by atoms with Gasteiger partial charge in [-0.05, 0) is 48.3 Å². The van der Waals surface area contributed by atoms with Gasteiger partial charge in [0.2, 0.25) is 11.8 Å². The second kappa shape index (κ2) is 8.95. The Morgan fingerprint density at radius 2 is 1.58 bits per heavy atom. The second-order valence-corrected chi connectivity index (χ2v) is 12.9. The van der Waals surface area contributed by atoms with Crippen molar-refractivity contribution in [3.63, 3.8) is 0 Å². The highest BCUT2D eigenvalue weighted by atomic mass is 32.2. The largest absolute Gasteiger partial charge is 0.481 e. The van der Waals surface area contributed by atoms with E-state index in [9.17, 15) is 19.2 Å². The number of thiazole rings is 1. The summed E-state index contributed by atoms with van der Waals surface area (Å²) in [6.07, 6.45) is 1.05. The Bertz CT molecular complexity index is 1500. The van der Waals surface area contributed by atoms with E-state index in [-0.39, 0.29) is 76.8 Å². The Labute approximate surface area is 227 Å². The van der Waals surface area contributed by atoms with E-state index < -0.39 is 5.97 Å². The average molecular weight is 547 g/mol. The predicted molar refractivity (Wildman–Crippen MR) is 144 cm³/mol. The van der Waals surface area contributed by atoms with Gasteiger partial charge in [0.25, 0.3) is 0 Å². The molecule has 1 saturated heterocycles. The van der Waals surface area contributed by atoms with Crippen LogP contribution >= 0.6 is 23.1 Å². The van der Waals surface area contributed by atoms with Gasteiger partial charge in [0.15, 0.2) is 0 Å². The molecule has 2 amide bonds. The molecule has 7 atom stereocenters. The summed E-state index contributed by atoms with van der Waals surface area (Å²) in [7, 11) is 0. The number of carbonyl (C=O) groups excluding carboxylic acids is 2. The van der Waals surface area contributed by atoms with Crippen molar-refractivity contribution in [1.29, 1.82) is 0 Å². The number of thioether (sulfide) groups is 1. The average Bonchev–Trinajstić information content (AvgIpc) is 3.64.